The van der Waals surface area contributed by atoms with Gasteiger partial charge < -0.3 is 13.9 Å². The molecule has 0 aliphatic heterocycles. The third-order valence-electron chi connectivity index (χ3n) is 2.88. The largest absolute Gasteiger partial charge is 0.399 e. The van der Waals surface area contributed by atoms with Crippen LogP contribution in [0.5, 0.6) is 0 Å². The van der Waals surface area contributed by atoms with E-state index < -0.39 is 11.6 Å². The van der Waals surface area contributed by atoms with Crippen LogP contribution >= 0.6 is 0 Å². The monoisotopic (exact) mass is 303 g/mol. The second-order valence-electron chi connectivity index (χ2n) is 4.45. The number of aryl methyl sites for hydroxylation is 2. The van der Waals surface area contributed by atoms with Crippen LogP contribution in [0, 0.1) is 13.8 Å². The van der Waals surface area contributed by atoms with Gasteiger partial charge in [-0.1, -0.05) is 22.0 Å². The summed E-state index contributed by atoms with van der Waals surface area (Å²) in [5.41, 5.74) is 0.665. The van der Waals surface area contributed by atoms with Crippen LogP contribution in [0.1, 0.15) is 32.1 Å². The van der Waals surface area contributed by atoms with E-state index >= 15 is 0 Å². The van der Waals surface area contributed by atoms with Gasteiger partial charge in [0.05, 0.1) is 5.57 Å². The molecule has 114 valence electrons. The van der Waals surface area contributed by atoms with Crippen molar-refractivity contribution in [2.45, 2.75) is 13.8 Å². The van der Waals surface area contributed by atoms with Crippen LogP contribution in [0.25, 0.3) is 0 Å². The SMILES string of the molecule is C=C(C(=O)c1nocc1C)/C(=N\OC)C(=O)c1nocc1C. The second-order valence-corrected chi connectivity index (χ2v) is 4.45. The van der Waals surface area contributed by atoms with E-state index in [-0.39, 0.29) is 22.7 Å². The fraction of sp³-hybridized carbons (Fsp3) is 0.214. The molecule has 0 radical (unpaired) electrons. The fourth-order valence-electron chi connectivity index (χ4n) is 1.70. The highest BCUT2D eigenvalue weighted by Gasteiger charge is 2.29. The summed E-state index contributed by atoms with van der Waals surface area (Å²) in [5.74, 6) is -1.22. The summed E-state index contributed by atoms with van der Waals surface area (Å²) in [7, 11) is 1.25. The minimum absolute atomic E-state index is 0.0293. The highest BCUT2D eigenvalue weighted by atomic mass is 16.6. The Labute approximate surface area is 125 Å². The molecule has 0 N–H and O–H groups in total. The van der Waals surface area contributed by atoms with Crippen LogP contribution < -0.4 is 0 Å². The number of allylic oxidation sites excluding steroid dienone is 1. The Kier molecular flexibility index (Phi) is 4.31. The van der Waals surface area contributed by atoms with E-state index in [1.807, 2.05) is 0 Å². The highest BCUT2D eigenvalue weighted by Crippen LogP contribution is 2.15. The summed E-state index contributed by atoms with van der Waals surface area (Å²) in [4.78, 5) is 29.4. The summed E-state index contributed by atoms with van der Waals surface area (Å²) < 4.78 is 9.43. The molecule has 2 rings (SSSR count). The predicted octanol–water partition coefficient (Wildman–Crippen LogP) is 1.90. The van der Waals surface area contributed by atoms with E-state index in [1.165, 1.54) is 19.6 Å². The van der Waals surface area contributed by atoms with E-state index in [9.17, 15) is 9.59 Å². The number of hydrogen-bond acceptors (Lipinski definition) is 8. The number of Topliss-reactive ketones (excluding diaryl/α,β-unsaturated/α-hetero) is 2. The molecule has 0 aliphatic carbocycles. The number of nitrogens with zero attached hydrogens (tertiary/aromatic N) is 3. The first-order valence-corrected chi connectivity index (χ1v) is 6.19. The van der Waals surface area contributed by atoms with Crippen LogP contribution in [0.3, 0.4) is 0 Å². The lowest BCUT2D eigenvalue weighted by Gasteiger charge is -2.05. The van der Waals surface area contributed by atoms with Crippen LogP contribution in [-0.2, 0) is 4.84 Å². The molecule has 0 unspecified atom stereocenters. The smallest absolute Gasteiger partial charge is 0.237 e. The zero-order chi connectivity index (χ0) is 16.3. The van der Waals surface area contributed by atoms with Gasteiger partial charge in [0.15, 0.2) is 17.1 Å². The molecule has 2 heterocycles. The first-order valence-electron chi connectivity index (χ1n) is 6.19. The lowest BCUT2D eigenvalue weighted by molar-refractivity contribution is 0.101. The second kappa shape index (κ2) is 6.17. The van der Waals surface area contributed by atoms with Crippen LogP contribution in [-0.4, -0.2) is 34.7 Å². The molecule has 0 saturated carbocycles. The molecule has 8 heteroatoms. The molecule has 0 spiro atoms. The number of aromatic nitrogens is 2. The van der Waals surface area contributed by atoms with Gasteiger partial charge in [-0.15, -0.1) is 0 Å². The maximum absolute atomic E-state index is 12.4. The molecule has 0 amide bonds. The first-order chi connectivity index (χ1) is 10.5. The maximum Gasteiger partial charge on any atom is 0.237 e. The highest BCUT2D eigenvalue weighted by molar-refractivity contribution is 6.56. The Bertz CT molecular complexity index is 769. The van der Waals surface area contributed by atoms with Crippen molar-refractivity contribution in [2.75, 3.05) is 7.11 Å². The van der Waals surface area contributed by atoms with Gasteiger partial charge >= 0.3 is 0 Å². The zero-order valence-corrected chi connectivity index (χ0v) is 12.2. The predicted molar refractivity (Wildman–Crippen MR) is 74.7 cm³/mol. The fourth-order valence-corrected chi connectivity index (χ4v) is 1.70. The van der Waals surface area contributed by atoms with Crippen molar-refractivity contribution in [1.82, 2.24) is 10.3 Å². The number of ketones is 2. The molecule has 0 fully saturated rings. The molecule has 0 saturated heterocycles. The van der Waals surface area contributed by atoms with Gasteiger partial charge in [-0.2, -0.15) is 0 Å². The first kappa shape index (κ1) is 15.4. The summed E-state index contributed by atoms with van der Waals surface area (Å²) >= 11 is 0. The molecule has 2 aromatic heterocycles. The Morgan fingerprint density at radius 1 is 1.09 bits per heavy atom. The van der Waals surface area contributed by atoms with Crippen molar-refractivity contribution < 1.29 is 23.5 Å². The third-order valence-corrected chi connectivity index (χ3v) is 2.88. The lowest BCUT2D eigenvalue weighted by atomic mass is 9.98. The van der Waals surface area contributed by atoms with E-state index in [0.29, 0.717) is 11.1 Å². The number of hydrogen-bond donors (Lipinski definition) is 0. The van der Waals surface area contributed by atoms with Crippen molar-refractivity contribution in [1.29, 1.82) is 0 Å². The van der Waals surface area contributed by atoms with E-state index in [2.05, 4.69) is 26.9 Å². The van der Waals surface area contributed by atoms with Crippen molar-refractivity contribution in [2.24, 2.45) is 5.16 Å². The van der Waals surface area contributed by atoms with E-state index in [0.717, 1.165) is 0 Å². The van der Waals surface area contributed by atoms with Gasteiger partial charge in [-0.25, -0.2) is 0 Å². The van der Waals surface area contributed by atoms with Crippen LogP contribution in [0.4, 0.5) is 0 Å². The molecule has 8 nitrogen and oxygen atoms in total. The summed E-state index contributed by atoms with van der Waals surface area (Å²) in [6.45, 7) is 6.90. The Hall–Kier alpha value is -3.03. The van der Waals surface area contributed by atoms with Crippen molar-refractivity contribution in [3.63, 3.8) is 0 Å². The quantitative estimate of drug-likeness (QED) is 0.347. The van der Waals surface area contributed by atoms with Gasteiger partial charge in [0, 0.05) is 11.1 Å². The summed E-state index contributed by atoms with van der Waals surface area (Å²) in [6, 6.07) is 0. The van der Waals surface area contributed by atoms with Gasteiger partial charge in [-0.05, 0) is 13.8 Å². The van der Waals surface area contributed by atoms with Crippen molar-refractivity contribution >= 4 is 17.3 Å². The number of rotatable bonds is 6. The van der Waals surface area contributed by atoms with Gasteiger partial charge in [-0.3, -0.25) is 9.59 Å². The Morgan fingerprint density at radius 2 is 1.59 bits per heavy atom. The lowest BCUT2D eigenvalue weighted by Crippen LogP contribution is -2.23. The van der Waals surface area contributed by atoms with Crippen LogP contribution in [0.2, 0.25) is 0 Å². The summed E-state index contributed by atoms with van der Waals surface area (Å²) in [5, 5.41) is 10.8. The molecule has 22 heavy (non-hydrogen) atoms. The average molecular weight is 303 g/mol. The molecule has 0 aromatic carbocycles. The molecule has 2 aromatic rings. The normalized spacial score (nSPS) is 11.3. The third kappa shape index (κ3) is 2.71. The summed E-state index contributed by atoms with van der Waals surface area (Å²) in [6.07, 6.45) is 2.63. The van der Waals surface area contributed by atoms with E-state index in [1.54, 1.807) is 13.8 Å². The molecule has 0 atom stereocenters. The van der Waals surface area contributed by atoms with Gasteiger partial charge in [0.1, 0.15) is 19.6 Å². The maximum atomic E-state index is 12.4. The Balaban J connectivity index is 2.37. The zero-order valence-electron chi connectivity index (χ0n) is 12.2. The van der Waals surface area contributed by atoms with Crippen LogP contribution in [0.15, 0.2) is 38.9 Å². The molecule has 0 aliphatic rings. The molecule has 0 bridgehead atoms. The molecular formula is C14H13N3O5. The standard InChI is InChI=1S/C14H13N3O5/c1-7-5-21-16-10(7)13(18)9(3)12(15-20-4)14(19)11-8(2)6-22-17-11/h5-6H,3H2,1-2,4H3/b15-12+. The van der Waals surface area contributed by atoms with Gasteiger partial charge in [0.25, 0.3) is 0 Å². The minimum atomic E-state index is -0.632. The van der Waals surface area contributed by atoms with Crippen molar-refractivity contribution in [3.05, 3.63) is 47.2 Å². The average Bonchev–Trinajstić information content (AvgIpc) is 3.11. The Morgan fingerprint density at radius 3 is 2.00 bits per heavy atom. The van der Waals surface area contributed by atoms with Crippen molar-refractivity contribution in [3.8, 4) is 0 Å². The topological polar surface area (TPSA) is 108 Å². The van der Waals surface area contributed by atoms with Gasteiger partial charge in [0.2, 0.25) is 11.6 Å². The number of carbonyl (C=O) groups is 2. The number of carbonyl (C=O) groups excluding carboxylic acids is 2. The number of oxime groups is 1. The van der Waals surface area contributed by atoms with E-state index in [4.69, 9.17) is 9.05 Å². The molecular weight excluding hydrogens is 290 g/mol. The minimum Gasteiger partial charge on any atom is -0.399 e.